The lowest BCUT2D eigenvalue weighted by Crippen LogP contribution is -2.37. The molecule has 2 fully saturated rings. The fraction of sp³-hybridized carbons (Fsp3) is 0.652. The lowest BCUT2D eigenvalue weighted by Gasteiger charge is -2.35. The van der Waals surface area contributed by atoms with E-state index in [0.29, 0.717) is 12.8 Å². The molecule has 4 nitrogen and oxygen atoms in total. The molecule has 0 radical (unpaired) electrons. The van der Waals surface area contributed by atoms with E-state index in [1.165, 1.54) is 37.5 Å². The Morgan fingerprint density at radius 2 is 1.89 bits per heavy atom. The van der Waals surface area contributed by atoms with Crippen molar-refractivity contribution >= 4 is 5.97 Å². The lowest BCUT2D eigenvalue weighted by molar-refractivity contribution is -0.146. The van der Waals surface area contributed by atoms with Crippen LogP contribution in [0.5, 0.6) is 5.75 Å². The molecule has 144 valence electrons. The van der Waals surface area contributed by atoms with Crippen LogP contribution in [0.2, 0.25) is 0 Å². The third kappa shape index (κ3) is 3.02. The summed E-state index contributed by atoms with van der Waals surface area (Å²) in [5.74, 6) is 0.815. The Balaban J connectivity index is 1.66. The number of ether oxygens (including phenoxy) is 2. The van der Waals surface area contributed by atoms with E-state index in [1.54, 1.807) is 0 Å². The number of hydrogen-bond acceptors (Lipinski definition) is 4. The topological polar surface area (TPSA) is 59.3 Å². The van der Waals surface area contributed by atoms with Crippen LogP contribution in [0.15, 0.2) is 12.1 Å². The molecule has 1 heterocycles. The second-order valence-corrected chi connectivity index (χ2v) is 8.75. The first kappa shape index (κ1) is 18.3. The second-order valence-electron chi connectivity index (χ2n) is 8.75. The van der Waals surface area contributed by atoms with E-state index in [0.717, 1.165) is 43.4 Å². The third-order valence-corrected chi connectivity index (χ3v) is 7.14. The minimum atomic E-state index is -0.508. The standard InChI is InChI=1S/C23H29NO3/c1-16-6-7-19(18-14-23(27-20(16)18)10-4-3-5-11-23)22(15-24)12-8-17(9-13-22)21(25)26-2/h6-7,17H,3-5,8-14H2,1-2H3. The smallest absolute Gasteiger partial charge is 0.308 e. The average Bonchev–Trinajstić information content (AvgIpc) is 3.07. The summed E-state index contributed by atoms with van der Waals surface area (Å²) < 4.78 is 11.5. The molecular formula is C23H29NO3. The molecule has 27 heavy (non-hydrogen) atoms. The first-order valence-electron chi connectivity index (χ1n) is 10.3. The minimum absolute atomic E-state index is 0.0543. The normalized spacial score (nSPS) is 28.9. The van der Waals surface area contributed by atoms with Crippen LogP contribution in [0, 0.1) is 24.2 Å². The molecule has 1 aromatic rings. The van der Waals surface area contributed by atoms with Gasteiger partial charge in [-0.1, -0.05) is 18.6 Å². The highest BCUT2D eigenvalue weighted by molar-refractivity contribution is 5.72. The number of hydrogen-bond donors (Lipinski definition) is 0. The summed E-state index contributed by atoms with van der Waals surface area (Å²) in [4.78, 5) is 11.9. The van der Waals surface area contributed by atoms with Gasteiger partial charge in [0.2, 0.25) is 0 Å². The molecule has 0 amide bonds. The quantitative estimate of drug-likeness (QED) is 0.707. The van der Waals surface area contributed by atoms with Crippen LogP contribution >= 0.6 is 0 Å². The third-order valence-electron chi connectivity index (χ3n) is 7.14. The molecule has 0 unspecified atom stereocenters. The van der Waals surface area contributed by atoms with Crippen molar-refractivity contribution in [2.75, 3.05) is 7.11 Å². The van der Waals surface area contributed by atoms with Crippen molar-refractivity contribution in [3.05, 3.63) is 28.8 Å². The number of esters is 1. The number of aryl methyl sites for hydroxylation is 1. The molecule has 2 aliphatic carbocycles. The molecule has 0 aromatic heterocycles. The SMILES string of the molecule is COC(=O)C1CCC(C#N)(c2ccc(C)c3c2CC2(CCCCC2)O3)CC1. The van der Waals surface area contributed by atoms with E-state index < -0.39 is 5.41 Å². The predicted octanol–water partition coefficient (Wildman–Crippen LogP) is 4.76. The van der Waals surface area contributed by atoms with Gasteiger partial charge in [-0.05, 0) is 69.4 Å². The van der Waals surface area contributed by atoms with Crippen molar-refractivity contribution < 1.29 is 14.3 Å². The van der Waals surface area contributed by atoms with Gasteiger partial charge in [-0.25, -0.2) is 0 Å². The number of nitriles is 1. The fourth-order valence-corrected chi connectivity index (χ4v) is 5.51. The largest absolute Gasteiger partial charge is 0.486 e. The van der Waals surface area contributed by atoms with E-state index in [-0.39, 0.29) is 17.5 Å². The Morgan fingerprint density at radius 3 is 2.52 bits per heavy atom. The van der Waals surface area contributed by atoms with E-state index in [1.807, 2.05) is 0 Å². The Morgan fingerprint density at radius 1 is 1.19 bits per heavy atom. The zero-order chi connectivity index (χ0) is 19.1. The van der Waals surface area contributed by atoms with Crippen LogP contribution in [0.1, 0.15) is 74.5 Å². The van der Waals surface area contributed by atoms with Gasteiger partial charge in [0.1, 0.15) is 11.4 Å². The summed E-state index contributed by atoms with van der Waals surface area (Å²) in [5, 5.41) is 10.2. The number of fused-ring (bicyclic) bond motifs is 1. The number of methoxy groups -OCH3 is 1. The van der Waals surface area contributed by atoms with Crippen LogP contribution in [-0.4, -0.2) is 18.7 Å². The van der Waals surface area contributed by atoms with Crippen LogP contribution in [-0.2, 0) is 21.4 Å². The Bertz CT molecular complexity index is 778. The molecule has 0 N–H and O–H groups in total. The molecule has 1 aromatic carbocycles. The van der Waals surface area contributed by atoms with Gasteiger partial charge in [0.15, 0.2) is 0 Å². The highest BCUT2D eigenvalue weighted by Gasteiger charge is 2.47. The molecule has 1 aliphatic heterocycles. The van der Waals surface area contributed by atoms with E-state index in [9.17, 15) is 10.1 Å². The predicted molar refractivity (Wildman–Crippen MR) is 103 cm³/mol. The fourth-order valence-electron chi connectivity index (χ4n) is 5.51. The first-order valence-corrected chi connectivity index (χ1v) is 10.3. The van der Waals surface area contributed by atoms with Crippen LogP contribution in [0.4, 0.5) is 0 Å². The van der Waals surface area contributed by atoms with Gasteiger partial charge >= 0.3 is 5.97 Å². The summed E-state index contributed by atoms with van der Waals surface area (Å²) >= 11 is 0. The van der Waals surface area contributed by atoms with Gasteiger partial charge < -0.3 is 9.47 Å². The van der Waals surface area contributed by atoms with Crippen molar-refractivity contribution in [2.45, 2.75) is 82.1 Å². The highest BCUT2D eigenvalue weighted by Crippen LogP contribution is 2.51. The first-order chi connectivity index (χ1) is 13.0. The van der Waals surface area contributed by atoms with Gasteiger partial charge in [0, 0.05) is 12.0 Å². The number of rotatable bonds is 2. The van der Waals surface area contributed by atoms with Crippen LogP contribution < -0.4 is 4.74 Å². The number of nitrogens with zero attached hydrogens (tertiary/aromatic N) is 1. The van der Waals surface area contributed by atoms with Gasteiger partial charge in [0.05, 0.1) is 24.5 Å². The Labute approximate surface area is 161 Å². The molecule has 2 saturated carbocycles. The molecule has 4 rings (SSSR count). The maximum Gasteiger partial charge on any atom is 0.308 e. The molecular weight excluding hydrogens is 338 g/mol. The van der Waals surface area contributed by atoms with Gasteiger partial charge in [0.25, 0.3) is 0 Å². The van der Waals surface area contributed by atoms with Crippen molar-refractivity contribution in [3.8, 4) is 11.8 Å². The average molecular weight is 367 g/mol. The summed E-state index contributed by atoms with van der Waals surface area (Å²) in [6.45, 7) is 2.11. The maximum absolute atomic E-state index is 11.9. The van der Waals surface area contributed by atoms with Crippen molar-refractivity contribution in [1.29, 1.82) is 5.26 Å². The van der Waals surface area contributed by atoms with E-state index >= 15 is 0 Å². The van der Waals surface area contributed by atoms with Crippen molar-refractivity contribution in [1.82, 2.24) is 0 Å². The molecule has 1 spiro atoms. The lowest BCUT2D eigenvalue weighted by atomic mass is 9.65. The zero-order valence-electron chi connectivity index (χ0n) is 16.5. The summed E-state index contributed by atoms with van der Waals surface area (Å²) in [7, 11) is 1.45. The van der Waals surface area contributed by atoms with Crippen LogP contribution in [0.25, 0.3) is 0 Å². The Hall–Kier alpha value is -2.02. The van der Waals surface area contributed by atoms with Gasteiger partial charge in [-0.3, -0.25) is 4.79 Å². The number of benzene rings is 1. The maximum atomic E-state index is 11.9. The van der Waals surface area contributed by atoms with E-state index in [2.05, 4.69) is 25.1 Å². The van der Waals surface area contributed by atoms with E-state index in [4.69, 9.17) is 9.47 Å². The minimum Gasteiger partial charge on any atom is -0.486 e. The molecule has 0 saturated heterocycles. The van der Waals surface area contributed by atoms with Crippen molar-refractivity contribution in [3.63, 3.8) is 0 Å². The molecule has 4 heteroatoms. The number of carbonyl (C=O) groups is 1. The summed E-state index contributed by atoms with van der Waals surface area (Å²) in [6.07, 6.45) is 9.78. The second kappa shape index (κ2) is 6.86. The van der Waals surface area contributed by atoms with Gasteiger partial charge in [-0.15, -0.1) is 0 Å². The molecule has 0 atom stereocenters. The monoisotopic (exact) mass is 367 g/mol. The molecule has 0 bridgehead atoms. The zero-order valence-corrected chi connectivity index (χ0v) is 16.5. The summed E-state index contributed by atoms with van der Waals surface area (Å²) in [6, 6.07) is 6.91. The van der Waals surface area contributed by atoms with Crippen LogP contribution in [0.3, 0.4) is 0 Å². The number of carbonyl (C=O) groups excluding carboxylic acids is 1. The van der Waals surface area contributed by atoms with Crippen molar-refractivity contribution in [2.24, 2.45) is 5.92 Å². The van der Waals surface area contributed by atoms with Gasteiger partial charge in [-0.2, -0.15) is 5.26 Å². The highest BCUT2D eigenvalue weighted by atomic mass is 16.5. The Kier molecular flexibility index (Phi) is 4.66. The summed E-state index contributed by atoms with van der Waals surface area (Å²) in [5.41, 5.74) is 3.02. The molecule has 3 aliphatic rings.